The van der Waals surface area contributed by atoms with Gasteiger partial charge in [-0.05, 0) is 36.2 Å². The highest BCUT2D eigenvalue weighted by Crippen LogP contribution is 2.29. The van der Waals surface area contributed by atoms with E-state index in [1.807, 2.05) is 31.2 Å². The molecule has 0 amide bonds. The van der Waals surface area contributed by atoms with E-state index in [9.17, 15) is 9.18 Å². The normalized spacial score (nSPS) is 10.6. The number of carbonyl (C=O) groups is 1. The molecule has 110 valence electrons. The first-order chi connectivity index (χ1) is 10.6. The minimum absolute atomic E-state index is 0.215. The molecule has 0 bridgehead atoms. The van der Waals surface area contributed by atoms with Crippen LogP contribution in [0.25, 0.3) is 22.5 Å². The van der Waals surface area contributed by atoms with E-state index in [0.717, 1.165) is 11.1 Å². The van der Waals surface area contributed by atoms with E-state index in [1.54, 1.807) is 6.07 Å². The number of nitrogens with one attached hydrogen (secondary N) is 1. The van der Waals surface area contributed by atoms with Crippen LogP contribution in [-0.2, 0) is 0 Å². The van der Waals surface area contributed by atoms with Gasteiger partial charge in [0.25, 0.3) is 0 Å². The summed E-state index contributed by atoms with van der Waals surface area (Å²) in [6, 6.07) is 11.9. The second-order valence-corrected chi connectivity index (χ2v) is 4.82. The van der Waals surface area contributed by atoms with Crippen LogP contribution in [0.2, 0.25) is 0 Å². The molecule has 0 saturated carbocycles. The number of carboxylic acid groups (broad SMARTS) is 1. The Bertz CT molecular complexity index is 858. The smallest absolute Gasteiger partial charge is 0.373 e. The molecule has 0 spiro atoms. The van der Waals surface area contributed by atoms with Crippen LogP contribution < -0.4 is 0 Å². The number of hydrogen-bond donors (Lipinski definition) is 2. The van der Waals surface area contributed by atoms with E-state index in [-0.39, 0.29) is 17.5 Å². The highest BCUT2D eigenvalue weighted by Gasteiger charge is 2.14. The van der Waals surface area contributed by atoms with E-state index >= 15 is 0 Å². The number of nitrogens with zero attached hydrogens (tertiary/aromatic N) is 2. The number of aromatic nitrogens is 3. The molecular formula is C16H12FN3O2. The number of H-pyrrole nitrogens is 1. The van der Waals surface area contributed by atoms with E-state index in [2.05, 4.69) is 15.2 Å². The maximum absolute atomic E-state index is 14.1. The number of rotatable bonds is 3. The number of aromatic amines is 1. The van der Waals surface area contributed by atoms with Crippen molar-refractivity contribution in [1.29, 1.82) is 0 Å². The zero-order valence-corrected chi connectivity index (χ0v) is 11.7. The summed E-state index contributed by atoms with van der Waals surface area (Å²) in [5, 5.41) is 15.1. The van der Waals surface area contributed by atoms with Crippen molar-refractivity contribution in [1.82, 2.24) is 15.2 Å². The van der Waals surface area contributed by atoms with Crippen LogP contribution in [0.15, 0.2) is 42.5 Å². The van der Waals surface area contributed by atoms with Gasteiger partial charge in [0, 0.05) is 11.1 Å². The number of hydrogen-bond acceptors (Lipinski definition) is 3. The zero-order chi connectivity index (χ0) is 15.7. The van der Waals surface area contributed by atoms with Gasteiger partial charge >= 0.3 is 5.97 Å². The summed E-state index contributed by atoms with van der Waals surface area (Å²) < 4.78 is 14.1. The van der Waals surface area contributed by atoms with Crippen molar-refractivity contribution >= 4 is 5.97 Å². The summed E-state index contributed by atoms with van der Waals surface area (Å²) in [4.78, 5) is 14.7. The lowest BCUT2D eigenvalue weighted by Crippen LogP contribution is -1.98. The summed E-state index contributed by atoms with van der Waals surface area (Å²) >= 11 is 0. The number of halogens is 1. The molecule has 2 N–H and O–H groups in total. The van der Waals surface area contributed by atoms with Gasteiger partial charge in [-0.15, -0.1) is 0 Å². The van der Waals surface area contributed by atoms with E-state index in [1.165, 1.54) is 12.1 Å². The number of benzene rings is 2. The molecule has 0 atom stereocenters. The summed E-state index contributed by atoms with van der Waals surface area (Å²) in [5.41, 5.74) is 2.69. The second-order valence-electron chi connectivity index (χ2n) is 4.82. The first-order valence-electron chi connectivity index (χ1n) is 6.58. The molecule has 1 heterocycles. The lowest BCUT2D eigenvalue weighted by molar-refractivity contribution is 0.0684. The van der Waals surface area contributed by atoms with Crippen molar-refractivity contribution in [2.75, 3.05) is 0 Å². The Hall–Kier alpha value is -3.02. The lowest BCUT2D eigenvalue weighted by Gasteiger charge is -2.08. The molecule has 3 aromatic rings. The van der Waals surface area contributed by atoms with Gasteiger partial charge in [0.15, 0.2) is 5.82 Å². The molecule has 3 rings (SSSR count). The minimum atomic E-state index is -1.19. The molecule has 0 unspecified atom stereocenters. The van der Waals surface area contributed by atoms with Crippen LogP contribution in [0.4, 0.5) is 4.39 Å². The summed E-state index contributed by atoms with van der Waals surface area (Å²) in [5.74, 6) is -1.59. The van der Waals surface area contributed by atoms with Crippen molar-refractivity contribution in [2.45, 2.75) is 6.92 Å². The average molecular weight is 297 g/mol. The van der Waals surface area contributed by atoms with Gasteiger partial charge in [-0.1, -0.05) is 24.3 Å². The Balaban J connectivity index is 2.10. The van der Waals surface area contributed by atoms with Gasteiger partial charge in [0.05, 0.1) is 0 Å². The highest BCUT2D eigenvalue weighted by atomic mass is 19.1. The Morgan fingerprint density at radius 3 is 2.64 bits per heavy atom. The van der Waals surface area contributed by atoms with Crippen molar-refractivity contribution in [3.8, 4) is 22.5 Å². The van der Waals surface area contributed by atoms with Crippen LogP contribution in [0.5, 0.6) is 0 Å². The number of aromatic carboxylic acids is 1. The maximum Gasteiger partial charge on any atom is 0.373 e. The number of carboxylic acids is 1. The fourth-order valence-electron chi connectivity index (χ4n) is 2.23. The van der Waals surface area contributed by atoms with Crippen LogP contribution in [0, 0.1) is 12.7 Å². The van der Waals surface area contributed by atoms with Gasteiger partial charge in [0.1, 0.15) is 5.82 Å². The van der Waals surface area contributed by atoms with E-state index in [4.69, 9.17) is 5.11 Å². The van der Waals surface area contributed by atoms with Crippen LogP contribution in [0.1, 0.15) is 16.2 Å². The fraction of sp³-hybridized carbons (Fsp3) is 0.0625. The van der Waals surface area contributed by atoms with Gasteiger partial charge in [0.2, 0.25) is 5.82 Å². The minimum Gasteiger partial charge on any atom is -0.475 e. The van der Waals surface area contributed by atoms with Crippen LogP contribution >= 0.6 is 0 Å². The van der Waals surface area contributed by atoms with Crippen LogP contribution in [-0.4, -0.2) is 26.3 Å². The molecule has 22 heavy (non-hydrogen) atoms. The largest absolute Gasteiger partial charge is 0.475 e. The molecular weight excluding hydrogens is 285 g/mol. The molecule has 2 aromatic carbocycles. The van der Waals surface area contributed by atoms with Crippen molar-refractivity contribution in [3.63, 3.8) is 0 Å². The third-order valence-corrected chi connectivity index (χ3v) is 3.35. The van der Waals surface area contributed by atoms with Gasteiger partial charge < -0.3 is 5.11 Å². The fourth-order valence-corrected chi connectivity index (χ4v) is 2.23. The molecule has 0 saturated heterocycles. The Morgan fingerprint density at radius 1 is 1.18 bits per heavy atom. The first kappa shape index (κ1) is 13.9. The topological polar surface area (TPSA) is 78.9 Å². The Morgan fingerprint density at radius 2 is 1.95 bits per heavy atom. The second kappa shape index (κ2) is 5.40. The molecule has 0 radical (unpaired) electrons. The first-order valence-corrected chi connectivity index (χ1v) is 6.58. The molecule has 0 aliphatic heterocycles. The Kier molecular flexibility index (Phi) is 3.42. The standard InChI is InChI=1S/C16H12FN3O2/c1-9-4-2-3-5-11(9)12-8-10(6-7-13(12)17)14-18-15(16(21)22)20-19-14/h2-8H,1H3,(H,21,22)(H,18,19,20). The third-order valence-electron chi connectivity index (χ3n) is 3.35. The van der Waals surface area contributed by atoms with Gasteiger partial charge in [-0.3, -0.25) is 5.10 Å². The quantitative estimate of drug-likeness (QED) is 0.777. The van der Waals surface area contributed by atoms with E-state index < -0.39 is 5.97 Å². The predicted molar refractivity (Wildman–Crippen MR) is 78.9 cm³/mol. The average Bonchev–Trinajstić information content (AvgIpc) is 2.99. The van der Waals surface area contributed by atoms with Crippen molar-refractivity contribution in [2.24, 2.45) is 0 Å². The summed E-state index contributed by atoms with van der Waals surface area (Å²) in [6.07, 6.45) is 0. The Labute approximate surface area is 125 Å². The summed E-state index contributed by atoms with van der Waals surface area (Å²) in [7, 11) is 0. The molecule has 0 fully saturated rings. The summed E-state index contributed by atoms with van der Waals surface area (Å²) in [6.45, 7) is 1.90. The molecule has 6 heteroatoms. The molecule has 0 aliphatic carbocycles. The molecule has 0 aliphatic rings. The monoisotopic (exact) mass is 297 g/mol. The van der Waals surface area contributed by atoms with Gasteiger partial charge in [-0.25, -0.2) is 14.2 Å². The third kappa shape index (κ3) is 2.46. The number of aryl methyl sites for hydroxylation is 1. The van der Waals surface area contributed by atoms with Crippen LogP contribution in [0.3, 0.4) is 0 Å². The van der Waals surface area contributed by atoms with Crippen molar-refractivity contribution < 1.29 is 14.3 Å². The lowest BCUT2D eigenvalue weighted by atomic mass is 9.98. The maximum atomic E-state index is 14.1. The molecule has 5 nitrogen and oxygen atoms in total. The van der Waals surface area contributed by atoms with E-state index in [0.29, 0.717) is 11.1 Å². The highest BCUT2D eigenvalue weighted by molar-refractivity contribution is 5.83. The SMILES string of the molecule is Cc1ccccc1-c1cc(-c2n[nH]c(C(=O)O)n2)ccc1F. The van der Waals surface area contributed by atoms with Gasteiger partial charge in [-0.2, -0.15) is 5.10 Å². The molecule has 1 aromatic heterocycles. The predicted octanol–water partition coefficient (Wildman–Crippen LogP) is 3.28. The zero-order valence-electron chi connectivity index (χ0n) is 11.7. The van der Waals surface area contributed by atoms with Crippen molar-refractivity contribution in [3.05, 3.63) is 59.7 Å².